The highest BCUT2D eigenvalue weighted by Crippen LogP contribution is 2.27. The van der Waals surface area contributed by atoms with E-state index < -0.39 is 0 Å². The van der Waals surface area contributed by atoms with E-state index in [1.54, 1.807) is 0 Å². The highest BCUT2D eigenvalue weighted by atomic mass is 35.5. The van der Waals surface area contributed by atoms with Crippen LogP contribution in [0.1, 0.15) is 37.8 Å². The van der Waals surface area contributed by atoms with Crippen molar-refractivity contribution in [3.63, 3.8) is 0 Å². The summed E-state index contributed by atoms with van der Waals surface area (Å²) in [7, 11) is 0. The lowest BCUT2D eigenvalue weighted by atomic mass is 10.1. The number of halogens is 1. The zero-order valence-electron chi connectivity index (χ0n) is 10.3. The van der Waals surface area contributed by atoms with Crippen LogP contribution in [0.15, 0.2) is 24.3 Å². The van der Waals surface area contributed by atoms with E-state index in [1.807, 2.05) is 18.2 Å². The van der Waals surface area contributed by atoms with Gasteiger partial charge in [0.1, 0.15) is 0 Å². The second-order valence-electron chi connectivity index (χ2n) is 5.13. The Morgan fingerprint density at radius 2 is 2.29 bits per heavy atom. The van der Waals surface area contributed by atoms with Gasteiger partial charge in [0, 0.05) is 23.7 Å². The summed E-state index contributed by atoms with van der Waals surface area (Å²) in [6.07, 6.45) is 3.85. The number of hydrogen-bond acceptors (Lipinski definition) is 2. The van der Waals surface area contributed by atoms with Crippen molar-refractivity contribution in [2.24, 2.45) is 11.7 Å². The average molecular weight is 253 g/mol. The number of nitrogens with two attached hydrogens (primary N) is 1. The molecule has 3 N–H and O–H groups in total. The SMILES string of the molecule is CC1CCC(NC(CN)c2cccc(Cl)c2)C1. The van der Waals surface area contributed by atoms with Crippen LogP contribution in [0.2, 0.25) is 5.02 Å². The van der Waals surface area contributed by atoms with E-state index in [2.05, 4.69) is 18.3 Å². The van der Waals surface area contributed by atoms with Crippen LogP contribution < -0.4 is 11.1 Å². The molecule has 0 saturated heterocycles. The maximum absolute atomic E-state index is 6.02. The molecule has 3 unspecified atom stereocenters. The molecule has 1 fully saturated rings. The summed E-state index contributed by atoms with van der Waals surface area (Å²) in [6.45, 7) is 2.93. The van der Waals surface area contributed by atoms with Crippen molar-refractivity contribution in [1.29, 1.82) is 0 Å². The Bertz CT molecular complexity index is 367. The maximum Gasteiger partial charge on any atom is 0.0447 e. The minimum Gasteiger partial charge on any atom is -0.329 e. The van der Waals surface area contributed by atoms with E-state index >= 15 is 0 Å². The zero-order chi connectivity index (χ0) is 12.3. The molecule has 0 amide bonds. The summed E-state index contributed by atoms with van der Waals surface area (Å²) in [5, 5.41) is 4.44. The minimum atomic E-state index is 0.226. The van der Waals surface area contributed by atoms with Crippen LogP contribution in [-0.2, 0) is 0 Å². The van der Waals surface area contributed by atoms with Gasteiger partial charge in [-0.05, 0) is 42.9 Å². The molecule has 0 aromatic heterocycles. The van der Waals surface area contributed by atoms with Gasteiger partial charge in [-0.2, -0.15) is 0 Å². The molecule has 1 aliphatic carbocycles. The van der Waals surface area contributed by atoms with Crippen molar-refractivity contribution in [3.8, 4) is 0 Å². The molecule has 0 aliphatic heterocycles. The summed E-state index contributed by atoms with van der Waals surface area (Å²) >= 11 is 6.02. The fourth-order valence-corrected chi connectivity index (χ4v) is 2.87. The summed E-state index contributed by atoms with van der Waals surface area (Å²) in [5.41, 5.74) is 7.06. The first kappa shape index (κ1) is 12.9. The lowest BCUT2D eigenvalue weighted by molar-refractivity contribution is 0.434. The number of hydrogen-bond donors (Lipinski definition) is 2. The number of benzene rings is 1. The average Bonchev–Trinajstić information content (AvgIpc) is 2.72. The van der Waals surface area contributed by atoms with Crippen molar-refractivity contribution in [2.45, 2.75) is 38.3 Å². The van der Waals surface area contributed by atoms with Gasteiger partial charge in [0.2, 0.25) is 0 Å². The van der Waals surface area contributed by atoms with Crippen molar-refractivity contribution < 1.29 is 0 Å². The first-order chi connectivity index (χ1) is 8.19. The van der Waals surface area contributed by atoms with Gasteiger partial charge >= 0.3 is 0 Å². The Kier molecular flexibility index (Phi) is 4.43. The topological polar surface area (TPSA) is 38.0 Å². The highest BCUT2D eigenvalue weighted by molar-refractivity contribution is 6.30. The van der Waals surface area contributed by atoms with Gasteiger partial charge in [0.25, 0.3) is 0 Å². The van der Waals surface area contributed by atoms with Crippen LogP contribution in [-0.4, -0.2) is 12.6 Å². The first-order valence-electron chi connectivity index (χ1n) is 6.40. The molecular formula is C14H21ClN2. The Labute approximate surface area is 109 Å². The van der Waals surface area contributed by atoms with E-state index in [0.717, 1.165) is 10.9 Å². The van der Waals surface area contributed by atoms with Crippen LogP contribution >= 0.6 is 11.6 Å². The first-order valence-corrected chi connectivity index (χ1v) is 6.78. The van der Waals surface area contributed by atoms with Crippen molar-refractivity contribution in [3.05, 3.63) is 34.9 Å². The zero-order valence-corrected chi connectivity index (χ0v) is 11.1. The Hall–Kier alpha value is -0.570. The fourth-order valence-electron chi connectivity index (χ4n) is 2.67. The fraction of sp³-hybridized carbons (Fsp3) is 0.571. The van der Waals surface area contributed by atoms with Gasteiger partial charge in [-0.3, -0.25) is 0 Å². The molecule has 0 radical (unpaired) electrons. The highest BCUT2D eigenvalue weighted by Gasteiger charge is 2.23. The molecule has 3 heteroatoms. The quantitative estimate of drug-likeness (QED) is 0.864. The third kappa shape index (κ3) is 3.44. The van der Waals surface area contributed by atoms with Crippen LogP contribution in [0.3, 0.4) is 0 Å². The standard InChI is InChI=1S/C14H21ClN2/c1-10-5-6-13(7-10)17-14(9-16)11-3-2-4-12(15)8-11/h2-4,8,10,13-14,17H,5-7,9,16H2,1H3. The van der Waals surface area contributed by atoms with Crippen LogP contribution in [0.25, 0.3) is 0 Å². The van der Waals surface area contributed by atoms with Crippen molar-refractivity contribution >= 4 is 11.6 Å². The second kappa shape index (κ2) is 5.85. The smallest absolute Gasteiger partial charge is 0.0447 e. The molecule has 0 bridgehead atoms. The van der Waals surface area contributed by atoms with Gasteiger partial charge in [-0.15, -0.1) is 0 Å². The van der Waals surface area contributed by atoms with Crippen molar-refractivity contribution in [2.75, 3.05) is 6.54 Å². The number of rotatable bonds is 4. The van der Waals surface area contributed by atoms with Gasteiger partial charge in [0.15, 0.2) is 0 Å². The van der Waals surface area contributed by atoms with E-state index in [9.17, 15) is 0 Å². The summed E-state index contributed by atoms with van der Waals surface area (Å²) < 4.78 is 0. The minimum absolute atomic E-state index is 0.226. The molecule has 1 aliphatic rings. The molecular weight excluding hydrogens is 232 g/mol. The molecule has 1 saturated carbocycles. The maximum atomic E-state index is 6.02. The molecule has 0 heterocycles. The predicted octanol–water partition coefficient (Wildman–Crippen LogP) is 3.12. The van der Waals surface area contributed by atoms with Gasteiger partial charge in [-0.1, -0.05) is 30.7 Å². The van der Waals surface area contributed by atoms with E-state index in [4.69, 9.17) is 17.3 Å². The molecule has 1 aromatic rings. The Morgan fingerprint density at radius 1 is 1.47 bits per heavy atom. The normalized spacial score (nSPS) is 26.1. The van der Waals surface area contributed by atoms with Crippen LogP contribution in [0.4, 0.5) is 0 Å². The molecule has 94 valence electrons. The lowest BCUT2D eigenvalue weighted by Crippen LogP contribution is -2.35. The molecule has 0 spiro atoms. The van der Waals surface area contributed by atoms with E-state index in [1.165, 1.54) is 24.8 Å². The Morgan fingerprint density at radius 3 is 2.88 bits per heavy atom. The molecule has 1 aromatic carbocycles. The Balaban J connectivity index is 2.01. The summed E-state index contributed by atoms with van der Waals surface area (Å²) in [5.74, 6) is 0.838. The van der Waals surface area contributed by atoms with Gasteiger partial charge in [0.05, 0.1) is 0 Å². The third-order valence-electron chi connectivity index (χ3n) is 3.62. The van der Waals surface area contributed by atoms with Crippen LogP contribution in [0.5, 0.6) is 0 Å². The van der Waals surface area contributed by atoms with Gasteiger partial charge in [-0.25, -0.2) is 0 Å². The molecule has 17 heavy (non-hydrogen) atoms. The van der Waals surface area contributed by atoms with Gasteiger partial charge < -0.3 is 11.1 Å². The largest absolute Gasteiger partial charge is 0.329 e. The number of nitrogens with one attached hydrogen (secondary N) is 1. The third-order valence-corrected chi connectivity index (χ3v) is 3.85. The van der Waals surface area contributed by atoms with E-state index in [-0.39, 0.29) is 6.04 Å². The molecule has 2 nitrogen and oxygen atoms in total. The molecule has 2 rings (SSSR count). The predicted molar refractivity (Wildman–Crippen MR) is 73.2 cm³/mol. The second-order valence-corrected chi connectivity index (χ2v) is 5.56. The summed E-state index contributed by atoms with van der Waals surface area (Å²) in [6, 6.07) is 8.82. The van der Waals surface area contributed by atoms with Crippen LogP contribution in [0, 0.1) is 5.92 Å². The monoisotopic (exact) mass is 252 g/mol. The van der Waals surface area contributed by atoms with Crippen molar-refractivity contribution in [1.82, 2.24) is 5.32 Å². The summed E-state index contributed by atoms with van der Waals surface area (Å²) in [4.78, 5) is 0. The lowest BCUT2D eigenvalue weighted by Gasteiger charge is -2.22. The molecule has 3 atom stereocenters. The van der Waals surface area contributed by atoms with E-state index in [0.29, 0.717) is 12.6 Å².